The van der Waals surface area contributed by atoms with Crippen LogP contribution in [0.5, 0.6) is 0 Å². The number of thiophene rings is 1. The molecule has 0 bridgehead atoms. The highest BCUT2D eigenvalue weighted by atomic mass is 32.1. The fraction of sp³-hybridized carbons (Fsp3) is 0.455. The van der Waals surface area contributed by atoms with Crippen LogP contribution in [0.15, 0.2) is 24.3 Å². The third-order valence-corrected chi connectivity index (χ3v) is 6.90. The predicted molar refractivity (Wildman–Crippen MR) is 110 cm³/mol. The molecule has 1 aliphatic heterocycles. The van der Waals surface area contributed by atoms with Crippen molar-refractivity contribution < 1.29 is 9.59 Å². The Bertz CT molecular complexity index is 880. The van der Waals surface area contributed by atoms with E-state index in [1.165, 1.54) is 16.9 Å². The van der Waals surface area contributed by atoms with Crippen LogP contribution >= 0.6 is 11.3 Å². The molecule has 27 heavy (non-hydrogen) atoms. The first-order chi connectivity index (χ1) is 13.0. The molecule has 5 heteroatoms. The van der Waals surface area contributed by atoms with E-state index in [1.54, 1.807) is 11.3 Å². The zero-order valence-electron chi connectivity index (χ0n) is 16.0. The van der Waals surface area contributed by atoms with Gasteiger partial charge in [-0.2, -0.15) is 0 Å². The van der Waals surface area contributed by atoms with Gasteiger partial charge in [0.25, 0.3) is 11.8 Å². The molecule has 2 aliphatic rings. The van der Waals surface area contributed by atoms with Gasteiger partial charge < -0.3 is 10.2 Å². The van der Waals surface area contributed by atoms with Crippen molar-refractivity contribution in [3.8, 4) is 0 Å². The van der Waals surface area contributed by atoms with Crippen molar-refractivity contribution in [1.29, 1.82) is 0 Å². The molecule has 142 valence electrons. The van der Waals surface area contributed by atoms with E-state index in [2.05, 4.69) is 18.3 Å². The maximum atomic E-state index is 12.7. The minimum absolute atomic E-state index is 0.0521. The van der Waals surface area contributed by atoms with Gasteiger partial charge in [-0.3, -0.25) is 9.59 Å². The molecule has 0 spiro atoms. The normalized spacial score (nSPS) is 19.0. The van der Waals surface area contributed by atoms with E-state index in [9.17, 15) is 9.59 Å². The molecule has 4 rings (SSSR count). The lowest BCUT2D eigenvalue weighted by molar-refractivity contribution is 0.0792. The minimum Gasteiger partial charge on any atom is -0.339 e. The minimum atomic E-state index is -0.0521. The summed E-state index contributed by atoms with van der Waals surface area (Å²) >= 11 is 1.62. The van der Waals surface area contributed by atoms with Crippen LogP contribution in [0, 0.1) is 12.8 Å². The number of anilines is 1. The number of nitrogens with one attached hydrogen (secondary N) is 1. The summed E-state index contributed by atoms with van der Waals surface area (Å²) in [7, 11) is 0. The summed E-state index contributed by atoms with van der Waals surface area (Å²) in [4.78, 5) is 29.3. The number of amides is 2. The Hall–Kier alpha value is -2.14. The Morgan fingerprint density at radius 3 is 2.70 bits per heavy atom. The van der Waals surface area contributed by atoms with Crippen LogP contribution in [0.4, 0.5) is 5.69 Å². The van der Waals surface area contributed by atoms with Crippen LogP contribution in [0.3, 0.4) is 0 Å². The molecule has 1 saturated heterocycles. The molecule has 2 amide bonds. The topological polar surface area (TPSA) is 49.4 Å². The van der Waals surface area contributed by atoms with E-state index < -0.39 is 0 Å². The largest absolute Gasteiger partial charge is 0.339 e. The highest BCUT2D eigenvalue weighted by Gasteiger charge is 2.22. The number of aryl methyl sites for hydroxylation is 2. The van der Waals surface area contributed by atoms with Crippen molar-refractivity contribution in [1.82, 2.24) is 4.90 Å². The van der Waals surface area contributed by atoms with Gasteiger partial charge in [0.15, 0.2) is 0 Å². The van der Waals surface area contributed by atoms with Gasteiger partial charge in [0, 0.05) is 29.2 Å². The van der Waals surface area contributed by atoms with Crippen LogP contribution in [0.2, 0.25) is 0 Å². The number of carbonyl (C=O) groups excluding carboxylic acids is 2. The smallest absolute Gasteiger partial charge is 0.265 e. The first kappa shape index (κ1) is 18.2. The lowest BCUT2D eigenvalue weighted by Gasteiger charge is -2.16. The molecule has 0 radical (unpaired) electrons. The molecule has 1 atom stereocenters. The van der Waals surface area contributed by atoms with E-state index in [-0.39, 0.29) is 11.8 Å². The zero-order valence-corrected chi connectivity index (χ0v) is 16.8. The van der Waals surface area contributed by atoms with Crippen molar-refractivity contribution in [2.75, 3.05) is 18.4 Å². The fourth-order valence-electron chi connectivity index (χ4n) is 4.04. The Morgan fingerprint density at radius 2 is 1.96 bits per heavy atom. The number of benzene rings is 1. The molecule has 0 saturated carbocycles. The Morgan fingerprint density at radius 1 is 1.19 bits per heavy atom. The van der Waals surface area contributed by atoms with Crippen molar-refractivity contribution in [2.24, 2.45) is 5.92 Å². The Kier molecular flexibility index (Phi) is 5.04. The number of rotatable bonds is 3. The third-order valence-electron chi connectivity index (χ3n) is 5.67. The molecular formula is C22H26N2O2S. The standard InChI is InChI=1S/C22H26N2O2S/c1-14-5-8-19-17(11-14)13-20(27-19)21(25)23-18-7-6-16(12-15(18)2)22(26)24-9-3-4-10-24/h6-7,12-14H,3-5,8-11H2,1-2H3,(H,23,25). The molecule has 2 aromatic rings. The van der Waals surface area contributed by atoms with E-state index in [4.69, 9.17) is 0 Å². The lowest BCUT2D eigenvalue weighted by Crippen LogP contribution is -2.27. The van der Waals surface area contributed by atoms with Gasteiger partial charge in [-0.15, -0.1) is 11.3 Å². The number of hydrogen-bond donors (Lipinski definition) is 1. The Labute approximate surface area is 164 Å². The van der Waals surface area contributed by atoms with Crippen LogP contribution in [-0.4, -0.2) is 29.8 Å². The molecule has 1 N–H and O–H groups in total. The van der Waals surface area contributed by atoms with Crippen molar-refractivity contribution in [3.05, 3.63) is 50.7 Å². The summed E-state index contributed by atoms with van der Waals surface area (Å²) in [5, 5.41) is 3.03. The average Bonchev–Trinajstić information content (AvgIpc) is 3.31. The van der Waals surface area contributed by atoms with Crippen molar-refractivity contribution >= 4 is 28.8 Å². The number of fused-ring (bicyclic) bond motifs is 1. The second-order valence-electron chi connectivity index (χ2n) is 7.89. The van der Waals surface area contributed by atoms with Crippen molar-refractivity contribution in [2.45, 2.75) is 46.0 Å². The first-order valence-corrected chi connectivity index (χ1v) is 10.7. The SMILES string of the molecule is Cc1cc(C(=O)N2CCCC2)ccc1NC(=O)c1cc2c(s1)CCC(C)C2. The maximum absolute atomic E-state index is 12.7. The highest BCUT2D eigenvalue weighted by Crippen LogP contribution is 2.32. The molecule has 1 aromatic carbocycles. The fourth-order valence-corrected chi connectivity index (χ4v) is 5.14. The van der Waals surface area contributed by atoms with Gasteiger partial charge in [0.1, 0.15) is 0 Å². The zero-order chi connectivity index (χ0) is 19.0. The molecule has 1 fully saturated rings. The Balaban J connectivity index is 1.47. The highest BCUT2D eigenvalue weighted by molar-refractivity contribution is 7.14. The summed E-state index contributed by atoms with van der Waals surface area (Å²) in [5.41, 5.74) is 3.74. The summed E-state index contributed by atoms with van der Waals surface area (Å²) in [6, 6.07) is 7.62. The molecule has 1 aromatic heterocycles. The van der Waals surface area contributed by atoms with E-state index >= 15 is 0 Å². The second-order valence-corrected chi connectivity index (χ2v) is 9.03. The summed E-state index contributed by atoms with van der Waals surface area (Å²) in [6.07, 6.45) is 5.54. The predicted octanol–water partition coefficient (Wildman–Crippen LogP) is 4.67. The number of nitrogens with zero attached hydrogens (tertiary/aromatic N) is 1. The van der Waals surface area contributed by atoms with E-state index in [0.717, 1.165) is 54.9 Å². The molecule has 2 heterocycles. The monoisotopic (exact) mass is 382 g/mol. The van der Waals surface area contributed by atoms with Gasteiger partial charge >= 0.3 is 0 Å². The van der Waals surface area contributed by atoms with Crippen LogP contribution in [0.25, 0.3) is 0 Å². The number of likely N-dealkylation sites (tertiary alicyclic amines) is 1. The van der Waals surface area contributed by atoms with Gasteiger partial charge in [-0.05, 0) is 80.3 Å². The van der Waals surface area contributed by atoms with Crippen LogP contribution in [-0.2, 0) is 12.8 Å². The van der Waals surface area contributed by atoms with Gasteiger partial charge in [0.05, 0.1) is 4.88 Å². The number of carbonyl (C=O) groups is 2. The molecule has 1 aliphatic carbocycles. The van der Waals surface area contributed by atoms with Gasteiger partial charge in [0.2, 0.25) is 0 Å². The van der Waals surface area contributed by atoms with Crippen molar-refractivity contribution in [3.63, 3.8) is 0 Å². The molecular weight excluding hydrogens is 356 g/mol. The van der Waals surface area contributed by atoms with Crippen LogP contribution in [0.1, 0.15) is 62.2 Å². The van der Waals surface area contributed by atoms with E-state index in [1.807, 2.05) is 30.0 Å². The second kappa shape index (κ2) is 7.47. The molecule has 1 unspecified atom stereocenters. The maximum Gasteiger partial charge on any atom is 0.265 e. The lowest BCUT2D eigenvalue weighted by atomic mass is 9.90. The quantitative estimate of drug-likeness (QED) is 0.839. The summed E-state index contributed by atoms with van der Waals surface area (Å²) < 4.78 is 0. The summed E-state index contributed by atoms with van der Waals surface area (Å²) in [6.45, 7) is 5.91. The van der Waals surface area contributed by atoms with Gasteiger partial charge in [-0.25, -0.2) is 0 Å². The third kappa shape index (κ3) is 3.79. The van der Waals surface area contributed by atoms with E-state index in [0.29, 0.717) is 11.5 Å². The van der Waals surface area contributed by atoms with Crippen LogP contribution < -0.4 is 5.32 Å². The summed E-state index contributed by atoms with van der Waals surface area (Å²) in [5.74, 6) is 0.739. The number of hydrogen-bond acceptors (Lipinski definition) is 3. The molecule has 4 nitrogen and oxygen atoms in total. The average molecular weight is 383 g/mol. The van der Waals surface area contributed by atoms with Gasteiger partial charge in [-0.1, -0.05) is 6.92 Å². The first-order valence-electron chi connectivity index (χ1n) is 9.84.